The number of rotatable bonds is 0. The van der Waals surface area contributed by atoms with Crippen molar-refractivity contribution in [1.29, 1.82) is 0 Å². The molecule has 5 nitrogen and oxygen atoms in total. The van der Waals surface area contributed by atoms with Crippen molar-refractivity contribution in [3.8, 4) is 0 Å². The molecule has 66 valence electrons. The summed E-state index contributed by atoms with van der Waals surface area (Å²) in [4.78, 5) is 21.6. The molecular formula is C6H7NO4S. The number of amides is 2. The maximum absolute atomic E-state index is 10.9. The van der Waals surface area contributed by atoms with Gasteiger partial charge in [-0.15, -0.1) is 0 Å². The molecule has 1 unspecified atom stereocenters. The molecule has 1 aliphatic heterocycles. The van der Waals surface area contributed by atoms with Crippen molar-refractivity contribution in [2.75, 3.05) is 0 Å². The zero-order valence-corrected chi connectivity index (χ0v) is 7.01. The first-order chi connectivity index (χ1) is 5.52. The van der Waals surface area contributed by atoms with Crippen molar-refractivity contribution >= 4 is 22.9 Å². The summed E-state index contributed by atoms with van der Waals surface area (Å²) in [6, 6.07) is 0. The van der Waals surface area contributed by atoms with Gasteiger partial charge in [-0.25, -0.2) is 0 Å². The van der Waals surface area contributed by atoms with Crippen molar-refractivity contribution in [2.45, 2.75) is 12.4 Å². The van der Waals surface area contributed by atoms with Gasteiger partial charge in [0.2, 0.25) is 0 Å². The summed E-state index contributed by atoms with van der Waals surface area (Å²) in [6.07, 6.45) is 0. The maximum atomic E-state index is 10.9. The maximum Gasteiger partial charge on any atom is 0.288 e. The first-order valence-corrected chi connectivity index (χ1v) is 4.00. The van der Waals surface area contributed by atoms with Gasteiger partial charge in [0, 0.05) is 0 Å². The van der Waals surface area contributed by atoms with E-state index in [2.05, 4.69) is 0 Å². The zero-order chi connectivity index (χ0) is 9.30. The van der Waals surface area contributed by atoms with Gasteiger partial charge in [0.25, 0.3) is 11.1 Å². The van der Waals surface area contributed by atoms with Gasteiger partial charge >= 0.3 is 0 Å². The third-order valence-corrected chi connectivity index (χ3v) is 2.09. The molecule has 0 saturated carbocycles. The number of carbonyl (C=O) groups is 2. The molecule has 12 heavy (non-hydrogen) atoms. The Balaban J connectivity index is 2.96. The summed E-state index contributed by atoms with van der Waals surface area (Å²) in [5.74, 6) is -1.02. The van der Waals surface area contributed by atoms with E-state index in [9.17, 15) is 9.59 Å². The van der Waals surface area contributed by atoms with Crippen LogP contribution in [-0.4, -0.2) is 26.8 Å². The van der Waals surface area contributed by atoms with E-state index in [0.717, 1.165) is 0 Å². The van der Waals surface area contributed by atoms with Crippen LogP contribution in [0, 0.1) is 0 Å². The van der Waals surface area contributed by atoms with Crippen molar-refractivity contribution in [1.82, 2.24) is 5.32 Å². The third kappa shape index (κ3) is 1.59. The molecule has 2 amide bonds. The minimum Gasteiger partial charge on any atom is -0.512 e. The van der Waals surface area contributed by atoms with Crippen LogP contribution >= 0.6 is 11.8 Å². The highest BCUT2D eigenvalue weighted by molar-refractivity contribution is 8.14. The molecule has 0 aromatic heterocycles. The average Bonchev–Trinajstić information content (AvgIpc) is 1.82. The summed E-state index contributed by atoms with van der Waals surface area (Å²) >= 11 is 0.548. The lowest BCUT2D eigenvalue weighted by Gasteiger charge is -2.18. The van der Waals surface area contributed by atoms with E-state index in [-0.39, 0.29) is 11.3 Å². The number of carbonyl (C=O) groups excluding carboxylic acids is 2. The Morgan fingerprint density at radius 2 is 2.17 bits per heavy atom. The number of hydrogen-bond acceptors (Lipinski definition) is 5. The Morgan fingerprint density at radius 3 is 2.58 bits per heavy atom. The number of thioether (sulfide) groups is 1. The van der Waals surface area contributed by atoms with Crippen LogP contribution in [0.15, 0.2) is 11.3 Å². The smallest absolute Gasteiger partial charge is 0.288 e. The first-order valence-electron chi connectivity index (χ1n) is 3.12. The van der Waals surface area contributed by atoms with Gasteiger partial charge in [-0.1, -0.05) is 0 Å². The molecule has 1 heterocycles. The number of hydrogen-bond donors (Lipinski definition) is 3. The van der Waals surface area contributed by atoms with Crippen LogP contribution in [-0.2, 0) is 4.79 Å². The third-order valence-electron chi connectivity index (χ3n) is 1.32. The highest BCUT2D eigenvalue weighted by Gasteiger charge is 2.31. The topological polar surface area (TPSA) is 86.6 Å². The van der Waals surface area contributed by atoms with Crippen LogP contribution in [0.5, 0.6) is 0 Å². The number of imide groups is 1. The molecule has 1 atom stereocenters. The Kier molecular flexibility index (Phi) is 2.39. The normalized spacial score (nSPS) is 28.3. The lowest BCUT2D eigenvalue weighted by Crippen LogP contribution is -2.39. The van der Waals surface area contributed by atoms with Crippen LogP contribution < -0.4 is 5.32 Å². The van der Waals surface area contributed by atoms with Gasteiger partial charge in [-0.05, 0) is 18.7 Å². The average molecular weight is 189 g/mol. The highest BCUT2D eigenvalue weighted by atomic mass is 32.2. The van der Waals surface area contributed by atoms with Gasteiger partial charge < -0.3 is 10.2 Å². The molecule has 1 saturated heterocycles. The summed E-state index contributed by atoms with van der Waals surface area (Å²) in [7, 11) is 0. The van der Waals surface area contributed by atoms with Crippen LogP contribution in [0.3, 0.4) is 0 Å². The lowest BCUT2D eigenvalue weighted by molar-refractivity contribution is -0.117. The van der Waals surface area contributed by atoms with Gasteiger partial charge in [-0.3, -0.25) is 14.9 Å². The van der Waals surface area contributed by atoms with Crippen LogP contribution in [0.2, 0.25) is 0 Å². The number of aliphatic hydroxyl groups is 2. The van der Waals surface area contributed by atoms with Crippen LogP contribution in [0.4, 0.5) is 4.79 Å². The second-order valence-electron chi connectivity index (χ2n) is 2.21. The molecule has 0 aromatic rings. The van der Waals surface area contributed by atoms with Crippen molar-refractivity contribution in [3.63, 3.8) is 0 Å². The predicted molar refractivity (Wildman–Crippen MR) is 42.5 cm³/mol. The molecule has 0 aromatic carbocycles. The van der Waals surface area contributed by atoms with E-state index in [1.807, 2.05) is 5.32 Å². The van der Waals surface area contributed by atoms with E-state index in [1.165, 1.54) is 6.92 Å². The van der Waals surface area contributed by atoms with E-state index in [0.29, 0.717) is 11.8 Å². The molecule has 1 fully saturated rings. The molecule has 3 N–H and O–H groups in total. The highest BCUT2D eigenvalue weighted by Crippen LogP contribution is 2.23. The summed E-state index contributed by atoms with van der Waals surface area (Å²) < 4.78 is 0. The minimum atomic E-state index is -1.27. The molecule has 6 heteroatoms. The summed E-state index contributed by atoms with van der Waals surface area (Å²) in [6.45, 7) is 1.27. The predicted octanol–water partition coefficient (Wildman–Crippen LogP) is 0.120. The molecule has 0 spiro atoms. The van der Waals surface area contributed by atoms with Crippen LogP contribution in [0.25, 0.3) is 0 Å². The standard InChI is InChI=1S/C6H7NO4S/c1-2(8)3-4(9)7-6(11)12-5(3)10/h5,8,10H,1H3,(H,7,9,11). The van der Waals surface area contributed by atoms with E-state index in [4.69, 9.17) is 10.2 Å². The molecule has 0 radical (unpaired) electrons. The number of allylic oxidation sites excluding steroid dienone is 1. The molecule has 0 bridgehead atoms. The number of aliphatic hydroxyl groups excluding tert-OH is 2. The fourth-order valence-corrected chi connectivity index (χ4v) is 1.55. The molecule has 1 rings (SSSR count). The fraction of sp³-hybridized carbons (Fsp3) is 0.333. The van der Waals surface area contributed by atoms with E-state index in [1.54, 1.807) is 0 Å². The van der Waals surface area contributed by atoms with E-state index >= 15 is 0 Å². The monoisotopic (exact) mass is 189 g/mol. The minimum absolute atomic E-state index is 0.167. The molecular weight excluding hydrogens is 182 g/mol. The zero-order valence-electron chi connectivity index (χ0n) is 6.20. The lowest BCUT2D eigenvalue weighted by atomic mass is 10.2. The van der Waals surface area contributed by atoms with Gasteiger partial charge in [0.15, 0.2) is 0 Å². The summed E-state index contributed by atoms with van der Waals surface area (Å²) in [5.41, 5.74) is -1.43. The first kappa shape index (κ1) is 9.08. The van der Waals surface area contributed by atoms with Crippen molar-refractivity contribution in [2.24, 2.45) is 0 Å². The Bertz CT molecular complexity index is 269. The van der Waals surface area contributed by atoms with E-state index < -0.39 is 16.6 Å². The van der Waals surface area contributed by atoms with Crippen molar-refractivity contribution in [3.05, 3.63) is 11.3 Å². The second-order valence-corrected chi connectivity index (χ2v) is 3.26. The fourth-order valence-electron chi connectivity index (χ4n) is 0.805. The second kappa shape index (κ2) is 3.16. The SMILES string of the molecule is CC(O)=C1C(=O)NC(=O)SC1O. The Labute approximate surface area is 72.5 Å². The number of nitrogens with one attached hydrogen (secondary N) is 1. The van der Waals surface area contributed by atoms with Crippen LogP contribution in [0.1, 0.15) is 6.92 Å². The van der Waals surface area contributed by atoms with Gasteiger partial charge in [0.1, 0.15) is 11.2 Å². The van der Waals surface area contributed by atoms with Crippen molar-refractivity contribution < 1.29 is 19.8 Å². The quantitative estimate of drug-likeness (QED) is 0.372. The molecule has 1 aliphatic rings. The summed E-state index contributed by atoms with van der Waals surface area (Å²) in [5, 5.41) is 19.4. The Morgan fingerprint density at radius 1 is 1.58 bits per heavy atom. The Hall–Kier alpha value is -1.01. The van der Waals surface area contributed by atoms with Gasteiger partial charge in [0.05, 0.1) is 5.57 Å². The largest absolute Gasteiger partial charge is 0.512 e. The van der Waals surface area contributed by atoms with Gasteiger partial charge in [-0.2, -0.15) is 0 Å². The molecule has 0 aliphatic carbocycles.